The van der Waals surface area contributed by atoms with E-state index in [1.54, 1.807) is 121 Å². The molecule has 0 amide bonds. The fraction of sp³-hybridized carbons (Fsp3) is 0.118. The van der Waals surface area contributed by atoms with E-state index >= 15 is 0 Å². The number of hydrogen-bond donors (Lipinski definition) is 0. The lowest BCUT2D eigenvalue weighted by Gasteiger charge is -2.35. The minimum absolute atomic E-state index is 0.0213. The van der Waals surface area contributed by atoms with Gasteiger partial charge in [0.25, 0.3) is 6.29 Å². The Kier molecular flexibility index (Phi) is 9.23. The summed E-state index contributed by atoms with van der Waals surface area (Å²) in [5.74, 6) is -2.87. The zero-order chi connectivity index (χ0) is 30.0. The summed E-state index contributed by atoms with van der Waals surface area (Å²) in [6.45, 7) is -0.383. The number of carbonyl (C=O) groups is 4. The molecule has 0 radical (unpaired) electrons. The maximum Gasteiger partial charge on any atom is 0.341 e. The van der Waals surface area contributed by atoms with Crippen molar-refractivity contribution in [3.8, 4) is 0 Å². The van der Waals surface area contributed by atoms with Gasteiger partial charge in [-0.1, -0.05) is 72.8 Å². The van der Waals surface area contributed by atoms with E-state index in [1.165, 1.54) is 6.08 Å². The van der Waals surface area contributed by atoms with Crippen LogP contribution in [0.5, 0.6) is 0 Å². The Morgan fingerprint density at radius 3 is 1.37 bits per heavy atom. The molecule has 1 heterocycles. The van der Waals surface area contributed by atoms with Gasteiger partial charge in [-0.2, -0.15) is 0 Å². The van der Waals surface area contributed by atoms with Gasteiger partial charge in [0.1, 0.15) is 12.4 Å². The first-order valence-electron chi connectivity index (χ1n) is 13.4. The third kappa shape index (κ3) is 7.53. The quantitative estimate of drug-likeness (QED) is 0.190. The third-order valence-electron chi connectivity index (χ3n) is 6.30. The molecule has 0 aromatic heterocycles. The number of hydrogen-bond acceptors (Lipinski definition) is 9. The molecule has 5 rings (SSSR count). The van der Waals surface area contributed by atoms with E-state index in [1.807, 2.05) is 0 Å². The van der Waals surface area contributed by atoms with Gasteiger partial charge >= 0.3 is 23.9 Å². The fourth-order valence-electron chi connectivity index (χ4n) is 4.16. The van der Waals surface area contributed by atoms with Gasteiger partial charge in [-0.3, -0.25) is 0 Å². The topological polar surface area (TPSA) is 114 Å². The highest BCUT2D eigenvalue weighted by molar-refractivity contribution is 5.91. The van der Waals surface area contributed by atoms with Crippen LogP contribution in [0.25, 0.3) is 0 Å². The lowest BCUT2D eigenvalue weighted by molar-refractivity contribution is -0.182. The second kappa shape index (κ2) is 13.8. The Labute approximate surface area is 247 Å². The molecule has 0 aliphatic carbocycles. The highest BCUT2D eigenvalue weighted by atomic mass is 16.7. The van der Waals surface area contributed by atoms with Crippen LogP contribution in [-0.2, 0) is 23.7 Å². The van der Waals surface area contributed by atoms with Gasteiger partial charge in [-0.15, -0.1) is 0 Å². The van der Waals surface area contributed by atoms with Crippen molar-refractivity contribution >= 4 is 23.9 Å². The molecule has 43 heavy (non-hydrogen) atoms. The van der Waals surface area contributed by atoms with Gasteiger partial charge in [-0.25, -0.2) is 19.2 Å². The van der Waals surface area contributed by atoms with Crippen LogP contribution < -0.4 is 0 Å². The molecule has 1 aliphatic heterocycles. The van der Waals surface area contributed by atoms with Crippen LogP contribution >= 0.6 is 0 Å². The average molecular weight is 579 g/mol. The molecule has 0 saturated heterocycles. The Balaban J connectivity index is 1.45. The molecule has 0 N–H and O–H groups in total. The van der Waals surface area contributed by atoms with Crippen LogP contribution in [0.4, 0.5) is 0 Å². The van der Waals surface area contributed by atoms with Gasteiger partial charge in [0.15, 0.2) is 6.10 Å². The largest absolute Gasteiger partial charge is 0.454 e. The summed E-state index contributed by atoms with van der Waals surface area (Å²) in [4.78, 5) is 51.9. The molecule has 0 fully saturated rings. The van der Waals surface area contributed by atoms with E-state index in [9.17, 15) is 19.2 Å². The van der Waals surface area contributed by atoms with Gasteiger partial charge in [-0.05, 0) is 48.5 Å². The predicted molar refractivity (Wildman–Crippen MR) is 153 cm³/mol. The molecule has 4 aromatic rings. The summed E-state index contributed by atoms with van der Waals surface area (Å²) in [6, 6.07) is 32.8. The second-order valence-electron chi connectivity index (χ2n) is 9.30. The molecule has 0 unspecified atom stereocenters. The highest BCUT2D eigenvalue weighted by Crippen LogP contribution is 2.27. The number of benzene rings is 4. The van der Waals surface area contributed by atoms with Crippen molar-refractivity contribution in [2.24, 2.45) is 0 Å². The Morgan fingerprint density at radius 1 is 0.512 bits per heavy atom. The smallest absolute Gasteiger partial charge is 0.341 e. The summed E-state index contributed by atoms with van der Waals surface area (Å²) in [5.41, 5.74) is 0.983. The summed E-state index contributed by atoms with van der Waals surface area (Å²) < 4.78 is 28.5. The second-order valence-corrected chi connectivity index (χ2v) is 9.30. The number of ether oxygens (including phenoxy) is 5. The summed E-state index contributed by atoms with van der Waals surface area (Å²) >= 11 is 0. The van der Waals surface area contributed by atoms with Crippen LogP contribution in [-0.4, -0.2) is 49.0 Å². The van der Waals surface area contributed by atoms with Crippen molar-refractivity contribution in [2.75, 3.05) is 6.61 Å². The van der Waals surface area contributed by atoms with Crippen LogP contribution in [0.2, 0.25) is 0 Å². The number of carbonyl (C=O) groups excluding carboxylic acids is 4. The van der Waals surface area contributed by atoms with E-state index in [0.29, 0.717) is 5.56 Å². The molecule has 216 valence electrons. The maximum atomic E-state index is 13.1. The summed E-state index contributed by atoms with van der Waals surface area (Å²) in [5, 5.41) is 0. The lowest BCUT2D eigenvalue weighted by Crippen LogP contribution is -2.49. The molecule has 0 spiro atoms. The first kappa shape index (κ1) is 28.8. The molecular formula is C34H26O9. The average Bonchev–Trinajstić information content (AvgIpc) is 3.06. The lowest BCUT2D eigenvalue weighted by atomic mass is 10.1. The zero-order valence-corrected chi connectivity index (χ0v) is 22.7. The van der Waals surface area contributed by atoms with E-state index in [-0.39, 0.29) is 29.1 Å². The van der Waals surface area contributed by atoms with Crippen molar-refractivity contribution < 1.29 is 42.9 Å². The molecule has 9 heteroatoms. The van der Waals surface area contributed by atoms with Crippen LogP contribution in [0.1, 0.15) is 41.4 Å². The number of rotatable bonds is 9. The zero-order valence-electron chi connectivity index (χ0n) is 22.7. The first-order chi connectivity index (χ1) is 21.0. The molecule has 3 atom stereocenters. The minimum atomic E-state index is -1.57. The first-order valence-corrected chi connectivity index (χ1v) is 13.4. The molecule has 0 saturated carbocycles. The summed E-state index contributed by atoms with van der Waals surface area (Å²) in [6.07, 6.45) is -2.91. The van der Waals surface area contributed by atoms with Crippen molar-refractivity contribution in [2.45, 2.75) is 18.5 Å². The molecular weight excluding hydrogens is 552 g/mol. The normalized spacial score (nSPS) is 17.4. The Hall–Kier alpha value is -5.70. The monoisotopic (exact) mass is 578 g/mol. The van der Waals surface area contributed by atoms with E-state index in [0.717, 1.165) is 0 Å². The highest BCUT2D eigenvalue weighted by Gasteiger charge is 2.43. The Morgan fingerprint density at radius 2 is 0.907 bits per heavy atom. The summed E-state index contributed by atoms with van der Waals surface area (Å²) in [7, 11) is 0. The van der Waals surface area contributed by atoms with Crippen molar-refractivity contribution in [3.63, 3.8) is 0 Å². The molecule has 9 nitrogen and oxygen atoms in total. The van der Waals surface area contributed by atoms with Crippen LogP contribution in [0.15, 0.2) is 133 Å². The fourth-order valence-corrected chi connectivity index (χ4v) is 4.16. The van der Waals surface area contributed by atoms with Crippen LogP contribution in [0.3, 0.4) is 0 Å². The van der Waals surface area contributed by atoms with Gasteiger partial charge in [0.2, 0.25) is 6.10 Å². The van der Waals surface area contributed by atoms with Crippen molar-refractivity contribution in [1.82, 2.24) is 0 Å². The maximum absolute atomic E-state index is 13.1. The van der Waals surface area contributed by atoms with Crippen molar-refractivity contribution in [3.05, 3.63) is 155 Å². The number of esters is 4. The SMILES string of the molecule is O=C(OCC1=C[C@H](OC(=O)c2ccccc2)[C@@H](OC(=O)c2ccccc2)[C@H](OC(=O)c2ccccc2)O1)c1ccccc1. The van der Waals surface area contributed by atoms with E-state index in [4.69, 9.17) is 23.7 Å². The van der Waals surface area contributed by atoms with Crippen LogP contribution in [0, 0.1) is 0 Å². The molecule has 4 aromatic carbocycles. The molecule has 1 aliphatic rings. The van der Waals surface area contributed by atoms with Gasteiger partial charge in [0, 0.05) is 6.08 Å². The van der Waals surface area contributed by atoms with E-state index in [2.05, 4.69) is 0 Å². The predicted octanol–water partition coefficient (Wildman–Crippen LogP) is 5.39. The van der Waals surface area contributed by atoms with Gasteiger partial charge in [0.05, 0.1) is 22.3 Å². The Bertz CT molecular complexity index is 1590. The molecule has 0 bridgehead atoms. The van der Waals surface area contributed by atoms with E-state index < -0.39 is 42.4 Å². The van der Waals surface area contributed by atoms with Crippen molar-refractivity contribution in [1.29, 1.82) is 0 Å². The third-order valence-corrected chi connectivity index (χ3v) is 6.30. The van der Waals surface area contributed by atoms with Gasteiger partial charge < -0.3 is 23.7 Å². The standard InChI is InChI=1S/C34H26O9/c35-30(23-13-5-1-6-14-23)39-22-27-21-28(41-31(36)24-15-7-2-8-16-24)29(42-32(37)25-17-9-3-10-18-25)34(40-27)43-33(38)26-19-11-4-12-20-26/h1-21,28-29,34H,22H2/t28-,29+,34-/m0/s1. The minimum Gasteiger partial charge on any atom is -0.454 e.